The minimum atomic E-state index is 0.787. The molecule has 0 fully saturated rings. The van der Waals surface area contributed by atoms with E-state index >= 15 is 0 Å². The van der Waals surface area contributed by atoms with Crippen LogP contribution in [0.15, 0.2) is 18.2 Å². The lowest BCUT2D eigenvalue weighted by Crippen LogP contribution is -2.00. The van der Waals surface area contributed by atoms with Gasteiger partial charge in [-0.25, -0.2) is 0 Å². The molecule has 0 amide bonds. The van der Waals surface area contributed by atoms with Crippen LogP contribution >= 0.6 is 0 Å². The molecule has 0 heterocycles. The van der Waals surface area contributed by atoms with Crippen LogP contribution in [-0.4, -0.2) is 13.2 Å². The van der Waals surface area contributed by atoms with Gasteiger partial charge in [0.15, 0.2) is 0 Å². The van der Waals surface area contributed by atoms with Crippen LogP contribution < -0.4 is 9.47 Å². The van der Waals surface area contributed by atoms with Crippen LogP contribution in [0.4, 0.5) is 0 Å². The van der Waals surface area contributed by atoms with Gasteiger partial charge in [0.2, 0.25) is 0 Å². The van der Waals surface area contributed by atoms with E-state index in [0.717, 1.165) is 37.6 Å². The molecule has 0 bridgehead atoms. The second-order valence-corrected chi connectivity index (χ2v) is 9.45. The number of unbranched alkanes of at least 4 members (excludes halogenated alkanes) is 18. The van der Waals surface area contributed by atoms with E-state index in [-0.39, 0.29) is 0 Å². The molecule has 2 nitrogen and oxygen atoms in total. The van der Waals surface area contributed by atoms with E-state index in [1.807, 2.05) is 18.2 Å². The van der Waals surface area contributed by atoms with Gasteiger partial charge in [-0.05, 0) is 25.0 Å². The summed E-state index contributed by atoms with van der Waals surface area (Å²) in [5.41, 5.74) is 0. The minimum absolute atomic E-state index is 0.787. The fourth-order valence-electron chi connectivity index (χ4n) is 4.15. The molecule has 0 aromatic heterocycles. The van der Waals surface area contributed by atoms with Gasteiger partial charge in [-0.2, -0.15) is 0 Å². The molecule has 32 heavy (non-hydrogen) atoms. The van der Waals surface area contributed by atoms with Crippen molar-refractivity contribution >= 4 is 0 Å². The van der Waals surface area contributed by atoms with Crippen LogP contribution in [0.25, 0.3) is 0 Å². The van der Waals surface area contributed by atoms with Crippen molar-refractivity contribution < 1.29 is 9.47 Å². The summed E-state index contributed by atoms with van der Waals surface area (Å²) < 4.78 is 11.8. The summed E-state index contributed by atoms with van der Waals surface area (Å²) in [5.74, 6) is 1.74. The van der Waals surface area contributed by atoms with Crippen LogP contribution in [0.5, 0.6) is 11.5 Å². The molecule has 1 rings (SSSR count). The van der Waals surface area contributed by atoms with E-state index < -0.39 is 0 Å². The lowest BCUT2D eigenvalue weighted by molar-refractivity contribution is 0.289. The maximum atomic E-state index is 5.93. The van der Waals surface area contributed by atoms with Gasteiger partial charge >= 0.3 is 0 Å². The van der Waals surface area contributed by atoms with E-state index in [4.69, 9.17) is 9.47 Å². The van der Waals surface area contributed by atoms with Gasteiger partial charge in [-0.15, -0.1) is 0 Å². The van der Waals surface area contributed by atoms with Gasteiger partial charge in [-0.1, -0.05) is 129 Å². The molecular formula is C30H53O2. The number of rotatable bonds is 24. The zero-order chi connectivity index (χ0) is 23.0. The SMILES string of the molecule is CCCCCCCCCCCCOc1[c]ccc(OCCCCCCCCCCCC)c1. The molecule has 2 heteroatoms. The van der Waals surface area contributed by atoms with E-state index in [0.29, 0.717) is 0 Å². The molecule has 1 aromatic carbocycles. The smallest absolute Gasteiger partial charge is 0.130 e. The average Bonchev–Trinajstić information content (AvgIpc) is 2.81. The Labute approximate surface area is 200 Å². The van der Waals surface area contributed by atoms with Crippen LogP contribution in [-0.2, 0) is 0 Å². The van der Waals surface area contributed by atoms with Gasteiger partial charge in [0.1, 0.15) is 11.5 Å². The summed E-state index contributed by atoms with van der Waals surface area (Å²) in [6.45, 7) is 6.15. The predicted octanol–water partition coefficient (Wildman–Crippen LogP) is 10.1. The number of hydrogen-bond acceptors (Lipinski definition) is 2. The van der Waals surface area contributed by atoms with E-state index in [9.17, 15) is 0 Å². The third-order valence-electron chi connectivity index (χ3n) is 6.27. The standard InChI is InChI=1S/C30H53O2/c1-3-5-7-9-11-13-15-17-19-21-26-31-29-24-23-25-30(28-29)32-27-22-20-18-16-14-12-10-8-6-4-2/h23-24,28H,3-22,26-27H2,1-2H3. The topological polar surface area (TPSA) is 18.5 Å². The van der Waals surface area contributed by atoms with Gasteiger partial charge in [-0.3, -0.25) is 0 Å². The first-order valence-electron chi connectivity index (χ1n) is 14.1. The molecule has 185 valence electrons. The molecule has 0 aliphatic heterocycles. The van der Waals surface area contributed by atoms with Crippen molar-refractivity contribution in [3.8, 4) is 11.5 Å². The Bertz CT molecular complexity index is 458. The fraction of sp³-hybridized carbons (Fsp3) is 0.800. The van der Waals surface area contributed by atoms with E-state index in [1.165, 1.54) is 116 Å². The first-order valence-corrected chi connectivity index (χ1v) is 14.1. The maximum absolute atomic E-state index is 5.93. The van der Waals surface area contributed by atoms with Gasteiger partial charge < -0.3 is 9.47 Å². The largest absolute Gasteiger partial charge is 0.493 e. The van der Waals surface area contributed by atoms with Crippen molar-refractivity contribution in [1.82, 2.24) is 0 Å². The second-order valence-electron chi connectivity index (χ2n) is 9.45. The van der Waals surface area contributed by atoms with Crippen LogP contribution in [0, 0.1) is 6.07 Å². The molecule has 1 radical (unpaired) electrons. The highest BCUT2D eigenvalue weighted by Crippen LogP contribution is 2.20. The van der Waals surface area contributed by atoms with Crippen molar-refractivity contribution in [3.05, 3.63) is 24.3 Å². The Morgan fingerprint density at radius 2 is 0.938 bits per heavy atom. The highest BCUT2D eigenvalue weighted by atomic mass is 16.5. The van der Waals surface area contributed by atoms with Crippen LogP contribution in [0.2, 0.25) is 0 Å². The molecule has 0 spiro atoms. The molecule has 0 unspecified atom stereocenters. The quantitative estimate of drug-likeness (QED) is 0.147. The second kappa shape index (κ2) is 23.0. The summed E-state index contributed by atoms with van der Waals surface area (Å²) in [5, 5.41) is 0. The number of ether oxygens (including phenoxy) is 2. The third kappa shape index (κ3) is 18.4. The van der Waals surface area contributed by atoms with Gasteiger partial charge in [0.05, 0.1) is 13.2 Å². The van der Waals surface area contributed by atoms with Gasteiger partial charge in [0.25, 0.3) is 0 Å². The van der Waals surface area contributed by atoms with Crippen molar-refractivity contribution in [2.24, 2.45) is 0 Å². The minimum Gasteiger partial charge on any atom is -0.493 e. The van der Waals surface area contributed by atoms with Crippen molar-refractivity contribution in [1.29, 1.82) is 0 Å². The highest BCUT2D eigenvalue weighted by molar-refractivity contribution is 5.31. The van der Waals surface area contributed by atoms with E-state index in [2.05, 4.69) is 19.9 Å². The summed E-state index contributed by atoms with van der Waals surface area (Å²) in [7, 11) is 0. The lowest BCUT2D eigenvalue weighted by atomic mass is 10.1. The van der Waals surface area contributed by atoms with Crippen molar-refractivity contribution in [2.45, 2.75) is 142 Å². The summed E-state index contributed by atoms with van der Waals surface area (Å²) in [6.07, 6.45) is 27.0. The fourth-order valence-corrected chi connectivity index (χ4v) is 4.15. The molecule has 1 aromatic rings. The Morgan fingerprint density at radius 1 is 0.531 bits per heavy atom. The Balaban J connectivity index is 1.94. The molecule has 0 aliphatic rings. The van der Waals surface area contributed by atoms with Crippen LogP contribution in [0.3, 0.4) is 0 Å². The maximum Gasteiger partial charge on any atom is 0.130 e. The van der Waals surface area contributed by atoms with Gasteiger partial charge in [0, 0.05) is 12.1 Å². The Morgan fingerprint density at radius 3 is 1.41 bits per heavy atom. The summed E-state index contributed by atoms with van der Waals surface area (Å²) >= 11 is 0. The van der Waals surface area contributed by atoms with Crippen molar-refractivity contribution in [2.75, 3.05) is 13.2 Å². The Hall–Kier alpha value is -1.18. The molecule has 0 saturated carbocycles. The zero-order valence-electron chi connectivity index (χ0n) is 21.6. The normalized spacial score (nSPS) is 11.1. The monoisotopic (exact) mass is 445 g/mol. The number of benzene rings is 1. The summed E-state index contributed by atoms with van der Waals surface area (Å²) in [6, 6.07) is 9.09. The molecule has 0 aliphatic carbocycles. The third-order valence-corrected chi connectivity index (χ3v) is 6.27. The van der Waals surface area contributed by atoms with Crippen LogP contribution in [0.1, 0.15) is 142 Å². The first kappa shape index (κ1) is 28.9. The van der Waals surface area contributed by atoms with E-state index in [1.54, 1.807) is 0 Å². The Kier molecular flexibility index (Phi) is 20.7. The first-order chi connectivity index (χ1) is 15.9. The number of hydrogen-bond donors (Lipinski definition) is 0. The molecular weight excluding hydrogens is 392 g/mol. The molecule has 0 N–H and O–H groups in total. The average molecular weight is 446 g/mol. The predicted molar refractivity (Wildman–Crippen MR) is 140 cm³/mol. The van der Waals surface area contributed by atoms with Crippen molar-refractivity contribution in [3.63, 3.8) is 0 Å². The highest BCUT2D eigenvalue weighted by Gasteiger charge is 2.00. The molecule has 0 saturated heterocycles. The summed E-state index contributed by atoms with van der Waals surface area (Å²) in [4.78, 5) is 0. The molecule has 0 atom stereocenters. The lowest BCUT2D eigenvalue weighted by Gasteiger charge is -2.09. The zero-order valence-corrected chi connectivity index (χ0v) is 21.6.